The van der Waals surface area contributed by atoms with Gasteiger partial charge in [-0.3, -0.25) is 9.69 Å². The Hall–Kier alpha value is -2.70. The number of ether oxygens (including phenoxy) is 1. The molecule has 0 saturated carbocycles. The van der Waals surface area contributed by atoms with Crippen molar-refractivity contribution in [3.05, 3.63) is 70.7 Å². The Bertz CT molecular complexity index is 904. The largest absolute Gasteiger partial charge is 0.494 e. The number of nitrogens with one attached hydrogen (secondary N) is 1. The second-order valence-electron chi connectivity index (χ2n) is 6.55. The molecule has 1 N–H and O–H groups in total. The van der Waals surface area contributed by atoms with E-state index in [1.165, 1.54) is 0 Å². The molecular weight excluding hydrogens is 370 g/mol. The smallest absolute Gasteiger partial charge is 0.251 e. The monoisotopic (exact) mass is 395 g/mol. The highest BCUT2D eigenvalue weighted by atomic mass is 32.1. The molecule has 2 aromatic carbocycles. The molecule has 1 heterocycles. The highest BCUT2D eigenvalue weighted by Crippen LogP contribution is 2.26. The number of hydrogen-bond acceptors (Lipinski definition) is 5. The van der Waals surface area contributed by atoms with Gasteiger partial charge in [-0.2, -0.15) is 0 Å². The molecule has 0 radical (unpaired) electrons. The van der Waals surface area contributed by atoms with Crippen LogP contribution in [0.5, 0.6) is 5.75 Å². The summed E-state index contributed by atoms with van der Waals surface area (Å²) in [5, 5.41) is 5.76. The molecule has 3 aromatic rings. The molecule has 28 heavy (non-hydrogen) atoms. The number of amides is 1. The summed E-state index contributed by atoms with van der Waals surface area (Å²) in [5.74, 6) is 0.814. The Morgan fingerprint density at radius 2 is 1.82 bits per heavy atom. The van der Waals surface area contributed by atoms with Crippen molar-refractivity contribution in [3.63, 3.8) is 0 Å². The molecule has 0 aliphatic rings. The normalized spacial score (nSPS) is 10.9. The average Bonchev–Trinajstić information content (AvgIpc) is 3.17. The van der Waals surface area contributed by atoms with Crippen LogP contribution in [0.2, 0.25) is 0 Å². The van der Waals surface area contributed by atoms with Gasteiger partial charge in [-0.05, 0) is 55.9 Å². The lowest BCUT2D eigenvalue weighted by Gasteiger charge is -2.15. The van der Waals surface area contributed by atoms with E-state index >= 15 is 0 Å². The van der Waals surface area contributed by atoms with E-state index in [1.807, 2.05) is 55.5 Å². The predicted molar refractivity (Wildman–Crippen MR) is 114 cm³/mol. The van der Waals surface area contributed by atoms with Crippen molar-refractivity contribution in [1.29, 1.82) is 0 Å². The zero-order valence-corrected chi connectivity index (χ0v) is 17.3. The van der Waals surface area contributed by atoms with E-state index < -0.39 is 0 Å². The van der Waals surface area contributed by atoms with Gasteiger partial charge >= 0.3 is 0 Å². The molecule has 0 fully saturated rings. The minimum Gasteiger partial charge on any atom is -0.494 e. The van der Waals surface area contributed by atoms with Crippen LogP contribution < -0.4 is 10.1 Å². The lowest BCUT2D eigenvalue weighted by Crippen LogP contribution is -2.19. The first-order valence-electron chi connectivity index (χ1n) is 9.26. The maximum atomic E-state index is 11.6. The van der Waals surface area contributed by atoms with Crippen LogP contribution in [0.1, 0.15) is 28.5 Å². The molecule has 0 aliphatic carbocycles. The van der Waals surface area contributed by atoms with E-state index in [-0.39, 0.29) is 5.91 Å². The van der Waals surface area contributed by atoms with Gasteiger partial charge in [-0.1, -0.05) is 12.1 Å². The number of rotatable bonds is 8. The standard InChI is InChI=1S/C22H25N3O2S/c1-4-27-20-11-9-18(10-12-20)22-24-19(15-28-22)14-25(3)13-16-5-7-17(8-6-16)21(26)23-2/h5-12,15H,4,13-14H2,1-3H3,(H,23,26). The van der Waals surface area contributed by atoms with E-state index in [0.717, 1.165) is 40.7 Å². The minimum atomic E-state index is -0.0656. The summed E-state index contributed by atoms with van der Waals surface area (Å²) in [6.07, 6.45) is 0. The third-order valence-electron chi connectivity index (χ3n) is 4.29. The fourth-order valence-corrected chi connectivity index (χ4v) is 3.74. The Kier molecular flexibility index (Phi) is 6.79. The molecule has 1 aromatic heterocycles. The van der Waals surface area contributed by atoms with Gasteiger partial charge in [0.05, 0.1) is 12.3 Å². The highest BCUT2D eigenvalue weighted by Gasteiger charge is 2.09. The van der Waals surface area contributed by atoms with Crippen molar-refractivity contribution in [2.75, 3.05) is 20.7 Å². The number of thiazole rings is 1. The molecule has 0 spiro atoms. The van der Waals surface area contributed by atoms with Crippen LogP contribution in [-0.2, 0) is 13.1 Å². The molecule has 0 atom stereocenters. The quantitative estimate of drug-likeness (QED) is 0.621. The van der Waals surface area contributed by atoms with E-state index in [0.29, 0.717) is 12.2 Å². The van der Waals surface area contributed by atoms with Crippen molar-refractivity contribution in [3.8, 4) is 16.3 Å². The predicted octanol–water partition coefficient (Wildman–Crippen LogP) is 4.20. The van der Waals surface area contributed by atoms with Gasteiger partial charge in [-0.15, -0.1) is 11.3 Å². The lowest BCUT2D eigenvalue weighted by molar-refractivity contribution is 0.0963. The topological polar surface area (TPSA) is 54.5 Å². The molecular formula is C22H25N3O2S. The van der Waals surface area contributed by atoms with Crippen LogP contribution in [0.25, 0.3) is 10.6 Å². The van der Waals surface area contributed by atoms with Gasteiger partial charge in [0.1, 0.15) is 10.8 Å². The first-order valence-corrected chi connectivity index (χ1v) is 10.1. The molecule has 146 valence electrons. The third-order valence-corrected chi connectivity index (χ3v) is 5.23. The summed E-state index contributed by atoms with van der Waals surface area (Å²) in [7, 11) is 3.71. The van der Waals surface area contributed by atoms with Gasteiger partial charge in [0.2, 0.25) is 0 Å². The number of carbonyl (C=O) groups excluding carboxylic acids is 1. The van der Waals surface area contributed by atoms with E-state index in [1.54, 1.807) is 18.4 Å². The zero-order chi connectivity index (χ0) is 19.9. The van der Waals surface area contributed by atoms with Crippen molar-refractivity contribution in [2.24, 2.45) is 0 Å². The third kappa shape index (κ3) is 5.18. The maximum Gasteiger partial charge on any atom is 0.251 e. The summed E-state index contributed by atoms with van der Waals surface area (Å²) in [6, 6.07) is 15.8. The van der Waals surface area contributed by atoms with Gasteiger partial charge < -0.3 is 10.1 Å². The number of carbonyl (C=O) groups is 1. The Morgan fingerprint density at radius 3 is 2.46 bits per heavy atom. The average molecular weight is 396 g/mol. The molecule has 1 amide bonds. The first-order chi connectivity index (χ1) is 13.6. The van der Waals surface area contributed by atoms with Crippen LogP contribution in [0, 0.1) is 0 Å². The van der Waals surface area contributed by atoms with Gasteiger partial charge in [0, 0.05) is 36.6 Å². The van der Waals surface area contributed by atoms with Crippen molar-refractivity contribution < 1.29 is 9.53 Å². The summed E-state index contributed by atoms with van der Waals surface area (Å²) in [6.45, 7) is 4.21. The Balaban J connectivity index is 1.59. The first kappa shape index (κ1) is 20.0. The van der Waals surface area contributed by atoms with Gasteiger partial charge in [0.15, 0.2) is 0 Å². The van der Waals surface area contributed by atoms with Crippen LogP contribution in [0.3, 0.4) is 0 Å². The van der Waals surface area contributed by atoms with Crippen molar-refractivity contribution in [1.82, 2.24) is 15.2 Å². The lowest BCUT2D eigenvalue weighted by atomic mass is 10.1. The second kappa shape index (κ2) is 9.48. The molecule has 0 saturated heterocycles. The molecule has 0 bridgehead atoms. The fraction of sp³-hybridized carbons (Fsp3) is 0.273. The Morgan fingerprint density at radius 1 is 1.11 bits per heavy atom. The van der Waals surface area contributed by atoms with Gasteiger partial charge in [0.25, 0.3) is 5.91 Å². The van der Waals surface area contributed by atoms with Crippen LogP contribution >= 0.6 is 11.3 Å². The second-order valence-corrected chi connectivity index (χ2v) is 7.41. The number of nitrogens with zero attached hydrogens (tertiary/aromatic N) is 2. The molecule has 0 aliphatic heterocycles. The van der Waals surface area contributed by atoms with Crippen LogP contribution in [0.15, 0.2) is 53.9 Å². The van der Waals surface area contributed by atoms with Crippen LogP contribution in [-0.4, -0.2) is 36.5 Å². The number of aromatic nitrogens is 1. The molecule has 5 nitrogen and oxygen atoms in total. The Labute approximate surface area is 170 Å². The molecule has 0 unspecified atom stereocenters. The van der Waals surface area contributed by atoms with Gasteiger partial charge in [-0.25, -0.2) is 4.98 Å². The summed E-state index contributed by atoms with van der Waals surface area (Å²) >= 11 is 1.65. The molecule has 6 heteroatoms. The van der Waals surface area contributed by atoms with Crippen molar-refractivity contribution >= 4 is 17.2 Å². The van der Waals surface area contributed by atoms with E-state index in [4.69, 9.17) is 9.72 Å². The van der Waals surface area contributed by atoms with E-state index in [2.05, 4.69) is 22.6 Å². The number of benzene rings is 2. The summed E-state index contributed by atoms with van der Waals surface area (Å²) in [4.78, 5) is 18.6. The SMILES string of the molecule is CCOc1ccc(-c2nc(CN(C)Cc3ccc(C(=O)NC)cc3)cs2)cc1. The van der Waals surface area contributed by atoms with Crippen LogP contribution in [0.4, 0.5) is 0 Å². The van der Waals surface area contributed by atoms with E-state index in [9.17, 15) is 4.79 Å². The highest BCUT2D eigenvalue weighted by molar-refractivity contribution is 7.13. The zero-order valence-electron chi connectivity index (χ0n) is 16.4. The summed E-state index contributed by atoms with van der Waals surface area (Å²) in [5.41, 5.74) is 4.00. The van der Waals surface area contributed by atoms with Crippen molar-refractivity contribution in [2.45, 2.75) is 20.0 Å². The number of hydrogen-bond donors (Lipinski definition) is 1. The maximum absolute atomic E-state index is 11.6. The fourth-order valence-electron chi connectivity index (χ4n) is 2.92. The summed E-state index contributed by atoms with van der Waals surface area (Å²) < 4.78 is 5.49. The molecule has 3 rings (SSSR count). The minimum absolute atomic E-state index is 0.0656.